The lowest BCUT2D eigenvalue weighted by Gasteiger charge is -2.24. The van der Waals surface area contributed by atoms with Gasteiger partial charge < -0.3 is 9.73 Å². The summed E-state index contributed by atoms with van der Waals surface area (Å²) in [7, 11) is 0. The lowest BCUT2D eigenvalue weighted by atomic mass is 9.83. The first kappa shape index (κ1) is 14.6. The zero-order valence-electron chi connectivity index (χ0n) is 10.8. The van der Waals surface area contributed by atoms with E-state index in [1.54, 1.807) is 11.4 Å². The van der Waals surface area contributed by atoms with Crippen molar-refractivity contribution in [1.82, 2.24) is 5.32 Å². The molecule has 0 unspecified atom stereocenters. The summed E-state index contributed by atoms with van der Waals surface area (Å²) in [5.41, 5.74) is -0.910. The molecule has 1 aromatic heterocycles. The molecule has 2 rings (SSSR count). The van der Waals surface area contributed by atoms with E-state index in [4.69, 9.17) is 4.42 Å². The zero-order chi connectivity index (χ0) is 14.9. The summed E-state index contributed by atoms with van der Waals surface area (Å²) in [4.78, 5) is 23.4. The molecule has 0 radical (unpaired) electrons. The number of amides is 1. The summed E-state index contributed by atoms with van der Waals surface area (Å²) >= 11 is 0. The number of hydrogen-bond acceptors (Lipinski definition) is 3. The molecule has 110 valence electrons. The van der Waals surface area contributed by atoms with Crippen LogP contribution in [0.15, 0.2) is 15.3 Å². The molecular formula is C13H14F3NO3. The van der Waals surface area contributed by atoms with Crippen LogP contribution in [0, 0.1) is 6.92 Å². The molecule has 1 aliphatic carbocycles. The maximum atomic E-state index is 12.0. The molecule has 0 atom stereocenters. The van der Waals surface area contributed by atoms with Crippen molar-refractivity contribution in [2.24, 2.45) is 0 Å². The van der Waals surface area contributed by atoms with Crippen LogP contribution < -0.4 is 10.9 Å². The number of aryl methyl sites for hydroxylation is 1. The largest absolute Gasteiger partial charge is 0.427 e. The second-order valence-corrected chi connectivity index (χ2v) is 4.92. The average Bonchev–Trinajstić information content (AvgIpc) is 2.22. The van der Waals surface area contributed by atoms with Crippen LogP contribution in [0.4, 0.5) is 13.2 Å². The van der Waals surface area contributed by atoms with Crippen LogP contribution in [0.25, 0.3) is 0 Å². The molecule has 1 heterocycles. The fourth-order valence-electron chi connectivity index (χ4n) is 2.07. The Balaban J connectivity index is 2.19. The topological polar surface area (TPSA) is 59.3 Å². The van der Waals surface area contributed by atoms with E-state index in [1.807, 2.05) is 0 Å². The third-order valence-electron chi connectivity index (χ3n) is 3.35. The summed E-state index contributed by atoms with van der Waals surface area (Å²) in [6.07, 6.45) is -1.62. The van der Waals surface area contributed by atoms with Crippen molar-refractivity contribution in [2.75, 3.05) is 6.54 Å². The van der Waals surface area contributed by atoms with Gasteiger partial charge in [0.1, 0.15) is 17.9 Å². The molecule has 1 fully saturated rings. The highest BCUT2D eigenvalue weighted by Crippen LogP contribution is 2.36. The third-order valence-corrected chi connectivity index (χ3v) is 3.35. The van der Waals surface area contributed by atoms with Crippen LogP contribution >= 0.6 is 0 Å². The predicted octanol–water partition coefficient (Wildman–Crippen LogP) is 2.51. The van der Waals surface area contributed by atoms with Gasteiger partial charge in [-0.25, -0.2) is 4.79 Å². The van der Waals surface area contributed by atoms with Crippen molar-refractivity contribution >= 4 is 5.91 Å². The maximum Gasteiger partial charge on any atom is 0.405 e. The molecule has 0 bridgehead atoms. The van der Waals surface area contributed by atoms with Gasteiger partial charge in [0.25, 0.3) is 5.91 Å². The van der Waals surface area contributed by atoms with E-state index in [-0.39, 0.29) is 11.5 Å². The highest BCUT2D eigenvalue weighted by atomic mass is 19.4. The quantitative estimate of drug-likeness (QED) is 0.930. The summed E-state index contributed by atoms with van der Waals surface area (Å²) in [5.74, 6) is -0.381. The Morgan fingerprint density at radius 3 is 2.55 bits per heavy atom. The van der Waals surface area contributed by atoms with Gasteiger partial charge in [-0.3, -0.25) is 4.79 Å². The van der Waals surface area contributed by atoms with Crippen LogP contribution in [0.2, 0.25) is 0 Å². The Bertz CT molecular complexity index is 573. The van der Waals surface area contributed by atoms with Crippen LogP contribution in [-0.4, -0.2) is 18.6 Å². The lowest BCUT2D eigenvalue weighted by molar-refractivity contribution is -0.123. The zero-order valence-corrected chi connectivity index (χ0v) is 10.8. The van der Waals surface area contributed by atoms with E-state index in [0.717, 1.165) is 19.3 Å². The standard InChI is InChI=1S/C13H14F3NO3/c1-7-5-9(8-3-2-4-8)20-12(19)10(7)11(18)17-6-13(14,15)16/h5,8H,2-4,6H2,1H3,(H,17,18). The minimum Gasteiger partial charge on any atom is -0.427 e. The second kappa shape index (κ2) is 5.30. The average molecular weight is 289 g/mol. The van der Waals surface area contributed by atoms with Crippen LogP contribution in [0.3, 0.4) is 0 Å². The van der Waals surface area contributed by atoms with Crippen LogP contribution in [-0.2, 0) is 0 Å². The molecule has 0 aliphatic heterocycles. The summed E-state index contributed by atoms with van der Waals surface area (Å²) < 4.78 is 41.2. The van der Waals surface area contributed by atoms with Gasteiger partial charge in [0, 0.05) is 5.92 Å². The molecule has 1 amide bonds. The maximum absolute atomic E-state index is 12.0. The van der Waals surface area contributed by atoms with Crippen molar-refractivity contribution in [1.29, 1.82) is 0 Å². The fourth-order valence-corrected chi connectivity index (χ4v) is 2.07. The summed E-state index contributed by atoms with van der Waals surface area (Å²) in [5, 5.41) is 1.67. The SMILES string of the molecule is Cc1cc(C2CCC2)oc(=O)c1C(=O)NCC(F)(F)F. The first-order valence-corrected chi connectivity index (χ1v) is 6.27. The molecule has 20 heavy (non-hydrogen) atoms. The Labute approximate surface area is 113 Å². The monoisotopic (exact) mass is 289 g/mol. The van der Waals surface area contributed by atoms with E-state index < -0.39 is 24.3 Å². The van der Waals surface area contributed by atoms with Gasteiger partial charge in [0.15, 0.2) is 0 Å². The minimum atomic E-state index is -4.52. The summed E-state index contributed by atoms with van der Waals surface area (Å²) in [6, 6.07) is 1.56. The Hall–Kier alpha value is -1.79. The number of halogens is 3. The molecule has 4 nitrogen and oxygen atoms in total. The molecule has 0 spiro atoms. The highest BCUT2D eigenvalue weighted by Gasteiger charge is 2.30. The van der Waals surface area contributed by atoms with E-state index in [2.05, 4.69) is 0 Å². The van der Waals surface area contributed by atoms with Gasteiger partial charge in [-0.05, 0) is 31.4 Å². The van der Waals surface area contributed by atoms with E-state index in [9.17, 15) is 22.8 Å². The van der Waals surface area contributed by atoms with Gasteiger partial charge >= 0.3 is 11.8 Å². The Morgan fingerprint density at radius 2 is 2.10 bits per heavy atom. The molecule has 1 aromatic rings. The fraction of sp³-hybridized carbons (Fsp3) is 0.538. The van der Waals surface area contributed by atoms with E-state index >= 15 is 0 Å². The second-order valence-electron chi connectivity index (χ2n) is 4.92. The van der Waals surface area contributed by atoms with E-state index in [1.165, 1.54) is 6.92 Å². The number of rotatable bonds is 3. The van der Waals surface area contributed by atoms with Crippen LogP contribution in [0.1, 0.15) is 46.9 Å². The van der Waals surface area contributed by atoms with Gasteiger partial charge in [-0.2, -0.15) is 13.2 Å². The molecule has 1 N–H and O–H groups in total. The van der Waals surface area contributed by atoms with Crippen molar-refractivity contribution < 1.29 is 22.4 Å². The molecule has 1 aliphatic rings. The normalized spacial score (nSPS) is 15.8. The Kier molecular flexibility index (Phi) is 3.87. The minimum absolute atomic E-state index is 0.175. The first-order valence-electron chi connectivity index (χ1n) is 6.27. The van der Waals surface area contributed by atoms with Gasteiger partial charge in [-0.15, -0.1) is 0 Å². The number of nitrogens with one attached hydrogen (secondary N) is 1. The van der Waals surface area contributed by atoms with Crippen LogP contribution in [0.5, 0.6) is 0 Å². The van der Waals surface area contributed by atoms with E-state index in [0.29, 0.717) is 11.3 Å². The molecule has 0 aromatic carbocycles. The predicted molar refractivity (Wildman–Crippen MR) is 64.7 cm³/mol. The molecule has 7 heteroatoms. The van der Waals surface area contributed by atoms with Crippen molar-refractivity contribution in [2.45, 2.75) is 38.3 Å². The number of carbonyl (C=O) groups is 1. The Morgan fingerprint density at radius 1 is 1.45 bits per heavy atom. The van der Waals surface area contributed by atoms with Gasteiger partial charge in [-0.1, -0.05) is 6.42 Å². The smallest absolute Gasteiger partial charge is 0.405 e. The van der Waals surface area contributed by atoms with Gasteiger partial charge in [0.2, 0.25) is 0 Å². The third kappa shape index (κ3) is 3.20. The number of alkyl halides is 3. The van der Waals surface area contributed by atoms with Crippen molar-refractivity contribution in [3.05, 3.63) is 33.4 Å². The van der Waals surface area contributed by atoms with Crippen molar-refractivity contribution in [3.8, 4) is 0 Å². The highest BCUT2D eigenvalue weighted by molar-refractivity contribution is 5.95. The number of carbonyl (C=O) groups excluding carboxylic acids is 1. The molecule has 0 saturated heterocycles. The molecule has 1 saturated carbocycles. The molecular weight excluding hydrogens is 275 g/mol. The summed E-state index contributed by atoms with van der Waals surface area (Å²) in [6.45, 7) is 0.0384. The van der Waals surface area contributed by atoms with Crippen molar-refractivity contribution in [3.63, 3.8) is 0 Å². The lowest BCUT2D eigenvalue weighted by Crippen LogP contribution is -2.36. The van der Waals surface area contributed by atoms with Gasteiger partial charge in [0.05, 0.1) is 0 Å². The first-order chi connectivity index (χ1) is 9.28. The number of hydrogen-bond donors (Lipinski definition) is 1.